The fraction of sp³-hybridized carbons (Fsp3) is 0.0244. The Morgan fingerprint density at radius 1 is 0.522 bits per heavy atom. The lowest BCUT2D eigenvalue weighted by Gasteiger charge is -2.12. The molecule has 218 valence electrons. The number of fused-ring (bicyclic) bond motifs is 4. The summed E-state index contributed by atoms with van der Waals surface area (Å²) in [5.74, 6) is 2.32. The molecule has 46 heavy (non-hydrogen) atoms. The molecular weight excluding hydrogens is 564 g/mol. The first-order chi connectivity index (χ1) is 22.8. The molecule has 0 spiro atoms. The van der Waals surface area contributed by atoms with Gasteiger partial charge in [0.25, 0.3) is 0 Å². The second-order valence-electron chi connectivity index (χ2n) is 11.5. The number of nitrogens with zero attached hydrogens (tertiary/aromatic N) is 3. The summed E-state index contributed by atoms with van der Waals surface area (Å²) in [5.41, 5.74) is 9.35. The topological polar surface area (TPSA) is 52.0 Å². The molecule has 0 aliphatic carbocycles. The lowest BCUT2D eigenvalue weighted by molar-refractivity contribution is 0.260. The predicted molar refractivity (Wildman–Crippen MR) is 186 cm³/mol. The van der Waals surface area contributed by atoms with Crippen LogP contribution in [0, 0.1) is 0 Å². The van der Waals surface area contributed by atoms with E-state index in [0.29, 0.717) is 5.82 Å². The van der Waals surface area contributed by atoms with E-state index in [0.717, 1.165) is 67.0 Å². The largest absolute Gasteiger partial charge is 0.464 e. The Morgan fingerprint density at radius 3 is 1.87 bits per heavy atom. The highest BCUT2D eigenvalue weighted by Crippen LogP contribution is 2.44. The predicted octanol–water partition coefficient (Wildman–Crippen LogP) is 10.1. The van der Waals surface area contributed by atoms with E-state index in [1.807, 2.05) is 54.6 Å². The summed E-state index contributed by atoms with van der Waals surface area (Å²) in [6, 6.07) is 54.4. The van der Waals surface area contributed by atoms with E-state index in [2.05, 4.69) is 113 Å². The summed E-state index contributed by atoms with van der Waals surface area (Å²) in [7, 11) is 0. The average Bonchev–Trinajstić information content (AvgIpc) is 3.70. The fourth-order valence-corrected chi connectivity index (χ4v) is 6.41. The van der Waals surface area contributed by atoms with Crippen LogP contribution >= 0.6 is 0 Å². The van der Waals surface area contributed by atoms with E-state index in [-0.39, 0.29) is 6.23 Å². The van der Waals surface area contributed by atoms with Crippen molar-refractivity contribution in [2.45, 2.75) is 6.23 Å². The minimum Gasteiger partial charge on any atom is -0.464 e. The standard InChI is InChI=1S/C41H28N4O/c1-5-13-27(14-6-1)31-21-22-36-32(23-31)33-24-38-35(43-41(46-38)30-19-11-4-12-20-30)25-37(33)45(36)39-26-34(28-15-7-2-8-16-28)42-40(44-39)29-17-9-3-10-18-29/h1-26,41,43H. The van der Waals surface area contributed by atoms with Gasteiger partial charge in [0.05, 0.1) is 22.4 Å². The lowest BCUT2D eigenvalue weighted by Crippen LogP contribution is -2.09. The third-order valence-corrected chi connectivity index (χ3v) is 8.65. The molecular formula is C41H28N4O. The van der Waals surface area contributed by atoms with Gasteiger partial charge in [0.15, 0.2) is 12.1 Å². The van der Waals surface area contributed by atoms with Crippen LogP contribution in [0.25, 0.3) is 61.4 Å². The minimum absolute atomic E-state index is 0.254. The van der Waals surface area contributed by atoms with Crippen molar-refractivity contribution < 1.29 is 4.74 Å². The normalized spacial score (nSPS) is 13.8. The van der Waals surface area contributed by atoms with Crippen LogP contribution in [0.4, 0.5) is 5.69 Å². The van der Waals surface area contributed by atoms with Crippen molar-refractivity contribution in [3.05, 3.63) is 163 Å². The Bertz CT molecular complexity index is 2290. The average molecular weight is 593 g/mol. The molecule has 8 aromatic rings. The Labute approximate surface area is 266 Å². The van der Waals surface area contributed by atoms with Gasteiger partial charge in [0.2, 0.25) is 0 Å². The van der Waals surface area contributed by atoms with Crippen molar-refractivity contribution in [2.24, 2.45) is 0 Å². The van der Waals surface area contributed by atoms with Crippen LogP contribution in [0.15, 0.2) is 158 Å². The van der Waals surface area contributed by atoms with E-state index in [1.165, 1.54) is 5.56 Å². The molecule has 0 radical (unpaired) electrons. The molecule has 0 bridgehead atoms. The Hall–Kier alpha value is -6.20. The molecule has 1 aliphatic heterocycles. The van der Waals surface area contributed by atoms with Crippen molar-refractivity contribution in [2.75, 3.05) is 5.32 Å². The van der Waals surface area contributed by atoms with E-state index in [4.69, 9.17) is 14.7 Å². The van der Waals surface area contributed by atoms with Crippen LogP contribution in [0.2, 0.25) is 0 Å². The number of aromatic nitrogens is 3. The van der Waals surface area contributed by atoms with Crippen LogP contribution in [0.1, 0.15) is 11.8 Å². The zero-order valence-corrected chi connectivity index (χ0v) is 24.8. The molecule has 1 atom stereocenters. The number of nitrogens with one attached hydrogen (secondary N) is 1. The molecule has 0 saturated carbocycles. The van der Waals surface area contributed by atoms with Gasteiger partial charge >= 0.3 is 0 Å². The first kappa shape index (κ1) is 26.2. The minimum atomic E-state index is -0.254. The summed E-state index contributed by atoms with van der Waals surface area (Å²) in [6.07, 6.45) is -0.254. The molecule has 0 amide bonds. The number of anilines is 1. The highest BCUT2D eigenvalue weighted by Gasteiger charge is 2.26. The molecule has 1 unspecified atom stereocenters. The van der Waals surface area contributed by atoms with Crippen molar-refractivity contribution >= 4 is 27.5 Å². The maximum absolute atomic E-state index is 6.49. The van der Waals surface area contributed by atoms with Crippen molar-refractivity contribution in [3.63, 3.8) is 0 Å². The number of rotatable bonds is 5. The number of hydrogen-bond donors (Lipinski definition) is 1. The van der Waals surface area contributed by atoms with Gasteiger partial charge in [-0.25, -0.2) is 9.97 Å². The molecule has 0 saturated heterocycles. The van der Waals surface area contributed by atoms with Gasteiger partial charge < -0.3 is 10.1 Å². The van der Waals surface area contributed by atoms with Crippen LogP contribution in [0.3, 0.4) is 0 Å². The summed E-state index contributed by atoms with van der Waals surface area (Å²) in [5, 5.41) is 5.84. The highest BCUT2D eigenvalue weighted by atomic mass is 16.5. The van der Waals surface area contributed by atoms with Gasteiger partial charge in [-0.15, -0.1) is 0 Å². The molecule has 0 fully saturated rings. The molecule has 1 N–H and O–H groups in total. The third kappa shape index (κ3) is 4.49. The molecule has 6 aromatic carbocycles. The Morgan fingerprint density at radius 2 is 1.15 bits per heavy atom. The monoisotopic (exact) mass is 592 g/mol. The Kier molecular flexibility index (Phi) is 6.13. The van der Waals surface area contributed by atoms with Crippen molar-refractivity contribution in [1.82, 2.24) is 14.5 Å². The SMILES string of the molecule is c1ccc(-c2ccc3c(c2)c2cc4c(cc2n3-c2cc(-c3ccccc3)nc(-c3ccccc3)n2)NC(c2ccccc2)O4)cc1. The van der Waals surface area contributed by atoms with Crippen molar-refractivity contribution in [3.8, 4) is 45.3 Å². The van der Waals surface area contributed by atoms with Crippen LogP contribution in [-0.2, 0) is 0 Å². The van der Waals surface area contributed by atoms with Crippen LogP contribution in [0.5, 0.6) is 5.75 Å². The summed E-state index contributed by atoms with van der Waals surface area (Å²) < 4.78 is 8.75. The quantitative estimate of drug-likeness (QED) is 0.216. The van der Waals surface area contributed by atoms with Gasteiger partial charge in [0, 0.05) is 33.5 Å². The van der Waals surface area contributed by atoms with Crippen LogP contribution in [-0.4, -0.2) is 14.5 Å². The van der Waals surface area contributed by atoms with E-state index >= 15 is 0 Å². The van der Waals surface area contributed by atoms with Gasteiger partial charge in [-0.1, -0.05) is 127 Å². The molecule has 2 aromatic heterocycles. The highest BCUT2D eigenvalue weighted by molar-refractivity contribution is 6.12. The van der Waals surface area contributed by atoms with E-state index in [1.54, 1.807) is 0 Å². The molecule has 5 heteroatoms. The summed E-state index contributed by atoms with van der Waals surface area (Å²) in [6.45, 7) is 0. The molecule has 1 aliphatic rings. The van der Waals surface area contributed by atoms with Gasteiger partial charge in [-0.2, -0.15) is 0 Å². The summed E-state index contributed by atoms with van der Waals surface area (Å²) >= 11 is 0. The fourth-order valence-electron chi connectivity index (χ4n) is 6.41. The zero-order chi connectivity index (χ0) is 30.5. The maximum Gasteiger partial charge on any atom is 0.196 e. The summed E-state index contributed by atoms with van der Waals surface area (Å²) in [4.78, 5) is 10.3. The number of ether oxygens (including phenoxy) is 1. The van der Waals surface area contributed by atoms with E-state index < -0.39 is 0 Å². The zero-order valence-electron chi connectivity index (χ0n) is 24.8. The molecule has 9 rings (SSSR count). The van der Waals surface area contributed by atoms with Gasteiger partial charge in [-0.05, 0) is 35.4 Å². The van der Waals surface area contributed by atoms with E-state index in [9.17, 15) is 0 Å². The van der Waals surface area contributed by atoms with Gasteiger partial charge in [-0.3, -0.25) is 4.57 Å². The Balaban J connectivity index is 1.30. The number of hydrogen-bond acceptors (Lipinski definition) is 4. The second-order valence-corrected chi connectivity index (χ2v) is 11.5. The molecule has 5 nitrogen and oxygen atoms in total. The lowest BCUT2D eigenvalue weighted by atomic mass is 10.0. The van der Waals surface area contributed by atoms with Crippen molar-refractivity contribution in [1.29, 1.82) is 0 Å². The third-order valence-electron chi connectivity index (χ3n) is 8.65. The molecule has 3 heterocycles. The maximum atomic E-state index is 6.49. The first-order valence-electron chi connectivity index (χ1n) is 15.4. The first-order valence-corrected chi connectivity index (χ1v) is 15.4. The number of benzene rings is 6. The van der Waals surface area contributed by atoms with Crippen LogP contribution < -0.4 is 10.1 Å². The smallest absolute Gasteiger partial charge is 0.196 e. The second kappa shape index (κ2) is 10.8. The van der Waals surface area contributed by atoms with Gasteiger partial charge in [0.1, 0.15) is 11.6 Å².